The van der Waals surface area contributed by atoms with Crippen molar-refractivity contribution in [2.75, 3.05) is 20.3 Å². The van der Waals surface area contributed by atoms with E-state index in [1.165, 1.54) is 29.0 Å². The number of halogens is 1. The smallest absolute Gasteiger partial charge is 0.123 e. The molecule has 1 aromatic heterocycles. The van der Waals surface area contributed by atoms with E-state index in [4.69, 9.17) is 4.74 Å². The van der Waals surface area contributed by atoms with Crippen LogP contribution in [0.2, 0.25) is 0 Å². The summed E-state index contributed by atoms with van der Waals surface area (Å²) in [7, 11) is 1.74. The Morgan fingerprint density at radius 2 is 1.74 bits per heavy atom. The zero-order valence-electron chi connectivity index (χ0n) is 16.1. The van der Waals surface area contributed by atoms with E-state index in [9.17, 15) is 4.39 Å². The van der Waals surface area contributed by atoms with Crippen LogP contribution in [0.25, 0.3) is 0 Å². The number of methoxy groups -OCH3 is 1. The lowest BCUT2D eigenvalue weighted by atomic mass is 10.1. The van der Waals surface area contributed by atoms with Gasteiger partial charge < -0.3 is 9.30 Å². The SMILES string of the molecule is COCCN(Cc1ccccc1C)Cc1cccn1Cc1ccc(F)cc1. The molecule has 0 aliphatic heterocycles. The molecular weight excluding hydrogens is 339 g/mol. The van der Waals surface area contributed by atoms with Crippen molar-refractivity contribution in [1.29, 1.82) is 0 Å². The second-order valence-electron chi connectivity index (χ2n) is 6.88. The van der Waals surface area contributed by atoms with Crippen LogP contribution in [0.4, 0.5) is 4.39 Å². The lowest BCUT2D eigenvalue weighted by Gasteiger charge is -2.24. The van der Waals surface area contributed by atoms with Gasteiger partial charge in [0.2, 0.25) is 0 Å². The summed E-state index contributed by atoms with van der Waals surface area (Å²) < 4.78 is 20.7. The summed E-state index contributed by atoms with van der Waals surface area (Å²) in [5.74, 6) is -0.199. The van der Waals surface area contributed by atoms with Gasteiger partial charge in [-0.05, 0) is 47.9 Å². The maximum absolute atomic E-state index is 13.1. The molecule has 3 nitrogen and oxygen atoms in total. The first-order chi connectivity index (χ1) is 13.2. The molecule has 0 aliphatic rings. The van der Waals surface area contributed by atoms with Crippen LogP contribution < -0.4 is 0 Å². The van der Waals surface area contributed by atoms with Gasteiger partial charge in [0.1, 0.15) is 5.82 Å². The van der Waals surface area contributed by atoms with Crippen LogP contribution in [0.15, 0.2) is 66.9 Å². The minimum atomic E-state index is -0.199. The molecule has 0 fully saturated rings. The number of aromatic nitrogens is 1. The summed E-state index contributed by atoms with van der Waals surface area (Å²) in [6, 6.07) is 19.4. The van der Waals surface area contributed by atoms with Crippen molar-refractivity contribution in [1.82, 2.24) is 9.47 Å². The molecule has 27 heavy (non-hydrogen) atoms. The van der Waals surface area contributed by atoms with Gasteiger partial charge in [-0.25, -0.2) is 4.39 Å². The van der Waals surface area contributed by atoms with Crippen LogP contribution in [0.5, 0.6) is 0 Å². The van der Waals surface area contributed by atoms with E-state index in [1.807, 2.05) is 12.1 Å². The lowest BCUT2D eigenvalue weighted by molar-refractivity contribution is 0.138. The highest BCUT2D eigenvalue weighted by Gasteiger charge is 2.11. The average molecular weight is 366 g/mol. The number of aryl methyl sites for hydroxylation is 1. The zero-order valence-corrected chi connectivity index (χ0v) is 16.1. The molecule has 0 aliphatic carbocycles. The Morgan fingerprint density at radius 3 is 2.48 bits per heavy atom. The van der Waals surface area contributed by atoms with Crippen molar-refractivity contribution >= 4 is 0 Å². The number of nitrogens with zero attached hydrogens (tertiary/aromatic N) is 2. The van der Waals surface area contributed by atoms with Gasteiger partial charge in [0.15, 0.2) is 0 Å². The third-order valence-corrected chi connectivity index (χ3v) is 4.84. The minimum absolute atomic E-state index is 0.199. The summed E-state index contributed by atoms with van der Waals surface area (Å²) in [6.45, 7) is 6.19. The van der Waals surface area contributed by atoms with Crippen LogP contribution in [-0.2, 0) is 24.4 Å². The number of rotatable bonds is 9. The second-order valence-corrected chi connectivity index (χ2v) is 6.88. The van der Waals surface area contributed by atoms with Crippen LogP contribution in [0.3, 0.4) is 0 Å². The topological polar surface area (TPSA) is 17.4 Å². The Bertz CT molecular complexity index is 842. The molecule has 0 amide bonds. The number of ether oxygens (including phenoxy) is 1. The number of benzene rings is 2. The standard InChI is InChI=1S/C23H27FN2O/c1-19-6-3-4-7-21(19)17-25(14-15-27-2)18-23-8-5-13-26(23)16-20-9-11-22(24)12-10-20/h3-13H,14-18H2,1-2H3. The van der Waals surface area contributed by atoms with E-state index in [1.54, 1.807) is 7.11 Å². The molecule has 0 saturated heterocycles. The predicted octanol–water partition coefficient (Wildman–Crippen LogP) is 4.63. The van der Waals surface area contributed by atoms with Crippen molar-refractivity contribution in [3.63, 3.8) is 0 Å². The highest BCUT2D eigenvalue weighted by atomic mass is 19.1. The molecule has 4 heteroatoms. The van der Waals surface area contributed by atoms with Crippen molar-refractivity contribution < 1.29 is 9.13 Å². The normalized spacial score (nSPS) is 11.3. The van der Waals surface area contributed by atoms with Crippen molar-refractivity contribution in [3.8, 4) is 0 Å². The first kappa shape index (κ1) is 19.3. The molecule has 0 unspecified atom stereocenters. The molecular formula is C23H27FN2O. The van der Waals surface area contributed by atoms with Gasteiger partial charge in [0.05, 0.1) is 6.61 Å². The Hall–Kier alpha value is -2.43. The quantitative estimate of drug-likeness (QED) is 0.549. The van der Waals surface area contributed by atoms with Gasteiger partial charge in [-0.15, -0.1) is 0 Å². The Morgan fingerprint density at radius 1 is 0.963 bits per heavy atom. The molecule has 0 saturated carbocycles. The molecule has 2 aromatic carbocycles. The van der Waals surface area contributed by atoms with Crippen molar-refractivity contribution in [3.05, 3.63) is 95.1 Å². The molecule has 1 heterocycles. The Kier molecular flexibility index (Phi) is 6.80. The first-order valence-corrected chi connectivity index (χ1v) is 9.30. The second kappa shape index (κ2) is 9.49. The molecule has 142 valence electrons. The third-order valence-electron chi connectivity index (χ3n) is 4.84. The minimum Gasteiger partial charge on any atom is -0.383 e. The molecule has 3 rings (SSSR count). The fourth-order valence-corrected chi connectivity index (χ4v) is 3.23. The highest BCUT2D eigenvalue weighted by molar-refractivity contribution is 5.25. The summed E-state index contributed by atoms with van der Waals surface area (Å²) in [5, 5.41) is 0. The molecule has 0 N–H and O–H groups in total. The fraction of sp³-hybridized carbons (Fsp3) is 0.304. The molecule has 3 aromatic rings. The molecule has 0 atom stereocenters. The molecule has 0 bridgehead atoms. The van der Waals surface area contributed by atoms with E-state index in [0.717, 1.165) is 31.7 Å². The van der Waals surface area contributed by atoms with Gasteiger partial charge in [-0.1, -0.05) is 36.4 Å². The number of hydrogen-bond donors (Lipinski definition) is 0. The van der Waals surface area contributed by atoms with Gasteiger partial charge in [-0.2, -0.15) is 0 Å². The summed E-state index contributed by atoms with van der Waals surface area (Å²) in [4.78, 5) is 2.41. The van der Waals surface area contributed by atoms with E-state index in [2.05, 4.69) is 59.0 Å². The zero-order chi connectivity index (χ0) is 19.1. The van der Waals surface area contributed by atoms with E-state index in [0.29, 0.717) is 6.61 Å². The van der Waals surface area contributed by atoms with Gasteiger partial charge in [0, 0.05) is 45.2 Å². The lowest BCUT2D eigenvalue weighted by Crippen LogP contribution is -2.28. The highest BCUT2D eigenvalue weighted by Crippen LogP contribution is 2.15. The van der Waals surface area contributed by atoms with E-state index >= 15 is 0 Å². The maximum Gasteiger partial charge on any atom is 0.123 e. The van der Waals surface area contributed by atoms with Gasteiger partial charge in [-0.3, -0.25) is 4.90 Å². The molecule has 0 spiro atoms. The van der Waals surface area contributed by atoms with E-state index in [-0.39, 0.29) is 5.82 Å². The first-order valence-electron chi connectivity index (χ1n) is 9.30. The van der Waals surface area contributed by atoms with Crippen LogP contribution >= 0.6 is 0 Å². The Balaban J connectivity index is 1.73. The number of hydrogen-bond acceptors (Lipinski definition) is 2. The van der Waals surface area contributed by atoms with Crippen molar-refractivity contribution in [2.24, 2.45) is 0 Å². The molecule has 0 radical (unpaired) electrons. The monoisotopic (exact) mass is 366 g/mol. The van der Waals surface area contributed by atoms with Crippen LogP contribution in [0, 0.1) is 12.7 Å². The van der Waals surface area contributed by atoms with Crippen LogP contribution in [0.1, 0.15) is 22.4 Å². The fourth-order valence-electron chi connectivity index (χ4n) is 3.23. The van der Waals surface area contributed by atoms with E-state index < -0.39 is 0 Å². The third kappa shape index (κ3) is 5.52. The van der Waals surface area contributed by atoms with Crippen molar-refractivity contribution in [2.45, 2.75) is 26.6 Å². The van der Waals surface area contributed by atoms with Gasteiger partial charge in [0.25, 0.3) is 0 Å². The summed E-state index contributed by atoms with van der Waals surface area (Å²) in [5.41, 5.74) is 4.98. The van der Waals surface area contributed by atoms with Crippen LogP contribution in [-0.4, -0.2) is 29.7 Å². The predicted molar refractivity (Wildman–Crippen MR) is 107 cm³/mol. The summed E-state index contributed by atoms with van der Waals surface area (Å²) in [6.07, 6.45) is 2.08. The summed E-state index contributed by atoms with van der Waals surface area (Å²) >= 11 is 0. The maximum atomic E-state index is 13.1. The Labute approximate surface area is 161 Å². The van der Waals surface area contributed by atoms with Gasteiger partial charge >= 0.3 is 0 Å². The largest absolute Gasteiger partial charge is 0.383 e. The average Bonchev–Trinajstić information content (AvgIpc) is 3.10.